The van der Waals surface area contributed by atoms with E-state index in [2.05, 4.69) is 9.97 Å². The molecule has 0 N–H and O–H groups in total. The lowest BCUT2D eigenvalue weighted by Crippen LogP contribution is -2.50. The summed E-state index contributed by atoms with van der Waals surface area (Å²) in [6.07, 6.45) is 3.56. The number of ether oxygens (including phenoxy) is 2. The fourth-order valence-electron chi connectivity index (χ4n) is 3.59. The number of nitrogens with zero attached hydrogens (tertiary/aromatic N) is 5. The molecule has 1 fully saturated rings. The number of sulfonamides is 1. The molecule has 1 saturated heterocycles. The van der Waals surface area contributed by atoms with E-state index in [1.54, 1.807) is 12.4 Å². The highest BCUT2D eigenvalue weighted by atomic mass is 32.2. The predicted octanol–water partition coefficient (Wildman–Crippen LogP) is 2.19. The van der Waals surface area contributed by atoms with Crippen molar-refractivity contribution >= 4 is 26.7 Å². The highest BCUT2D eigenvalue weighted by Gasteiger charge is 2.31. The highest BCUT2D eigenvalue weighted by molar-refractivity contribution is 7.88. The zero-order chi connectivity index (χ0) is 22.9. The molecule has 9 nitrogen and oxygen atoms in total. The van der Waals surface area contributed by atoms with Crippen molar-refractivity contribution in [2.24, 2.45) is 0 Å². The van der Waals surface area contributed by atoms with Gasteiger partial charge in [-0.15, -0.1) is 0 Å². The van der Waals surface area contributed by atoms with Gasteiger partial charge in [-0.1, -0.05) is 12.1 Å². The van der Waals surface area contributed by atoms with Gasteiger partial charge in [0.25, 0.3) is 0 Å². The van der Waals surface area contributed by atoms with E-state index in [0.717, 1.165) is 11.3 Å². The Morgan fingerprint density at radius 1 is 1.19 bits per heavy atom. The van der Waals surface area contributed by atoms with Crippen molar-refractivity contribution in [1.29, 1.82) is 0 Å². The van der Waals surface area contributed by atoms with E-state index in [9.17, 15) is 8.42 Å². The first-order valence-electron chi connectivity index (χ1n) is 10.4. The van der Waals surface area contributed by atoms with Crippen molar-refractivity contribution in [2.45, 2.75) is 19.1 Å². The van der Waals surface area contributed by atoms with Crippen LogP contribution in [0.3, 0.4) is 0 Å². The van der Waals surface area contributed by atoms with Gasteiger partial charge in [-0.2, -0.15) is 4.31 Å². The van der Waals surface area contributed by atoms with E-state index in [1.165, 1.54) is 10.6 Å². The quantitative estimate of drug-likeness (QED) is 0.556. The van der Waals surface area contributed by atoms with Crippen LogP contribution in [0.25, 0.3) is 22.3 Å². The molecule has 2 atom stereocenters. The Morgan fingerprint density at radius 2 is 1.91 bits per heavy atom. The van der Waals surface area contributed by atoms with Gasteiger partial charge in [0, 0.05) is 50.8 Å². The van der Waals surface area contributed by atoms with Gasteiger partial charge in [-0.05, 0) is 25.1 Å². The minimum Gasteiger partial charge on any atom is -0.470 e. The molecule has 0 spiro atoms. The second kappa shape index (κ2) is 8.97. The summed E-state index contributed by atoms with van der Waals surface area (Å²) in [5, 5.41) is 0. The third-order valence-electron chi connectivity index (χ3n) is 5.45. The zero-order valence-corrected chi connectivity index (χ0v) is 19.4. The van der Waals surface area contributed by atoms with Gasteiger partial charge in [0.2, 0.25) is 15.9 Å². The second-order valence-electron chi connectivity index (χ2n) is 8.03. The van der Waals surface area contributed by atoms with Gasteiger partial charge in [-0.25, -0.2) is 18.4 Å². The van der Waals surface area contributed by atoms with Crippen molar-refractivity contribution in [2.75, 3.05) is 44.9 Å². The molecule has 3 heterocycles. The number of hydrogen-bond acceptors (Lipinski definition) is 8. The Bertz CT molecular complexity index is 1200. The standard InChI is InChI=1S/C22H27N5O4S/c1-15(20-14-27(11-12-30-20)32(4,28)29)31-22-21-19(23-9-10-24-21)13-18(25-22)16-5-7-17(8-6-16)26(2)3/h5-10,13,15,20H,11-12,14H2,1-4H3/t15-,20-/m0/s1. The molecule has 0 amide bonds. The molecule has 10 heteroatoms. The van der Waals surface area contributed by atoms with Crippen LogP contribution in [0.1, 0.15) is 6.92 Å². The van der Waals surface area contributed by atoms with Gasteiger partial charge in [0.05, 0.1) is 24.1 Å². The van der Waals surface area contributed by atoms with Crippen LogP contribution in [0.15, 0.2) is 42.7 Å². The van der Waals surface area contributed by atoms with E-state index in [4.69, 9.17) is 14.5 Å². The van der Waals surface area contributed by atoms with Gasteiger partial charge in [0.15, 0.2) is 5.52 Å². The van der Waals surface area contributed by atoms with Crippen LogP contribution < -0.4 is 9.64 Å². The van der Waals surface area contributed by atoms with Crippen molar-refractivity contribution in [3.05, 3.63) is 42.7 Å². The van der Waals surface area contributed by atoms with Crippen LogP contribution in [0.5, 0.6) is 5.88 Å². The van der Waals surface area contributed by atoms with Gasteiger partial charge < -0.3 is 14.4 Å². The first kappa shape index (κ1) is 22.4. The molecular formula is C22H27N5O4S. The summed E-state index contributed by atoms with van der Waals surface area (Å²) in [5.74, 6) is 0.342. The summed E-state index contributed by atoms with van der Waals surface area (Å²) < 4.78 is 37.3. The second-order valence-corrected chi connectivity index (χ2v) is 10.0. The number of rotatable bonds is 6. The molecular weight excluding hydrogens is 430 g/mol. The molecule has 0 aliphatic carbocycles. The molecule has 1 aromatic carbocycles. The Hall–Kier alpha value is -2.82. The fourth-order valence-corrected chi connectivity index (χ4v) is 4.42. The topological polar surface area (TPSA) is 97.8 Å². The lowest BCUT2D eigenvalue weighted by Gasteiger charge is -2.34. The van der Waals surface area contributed by atoms with E-state index in [1.807, 2.05) is 56.3 Å². The summed E-state index contributed by atoms with van der Waals surface area (Å²) in [6, 6.07) is 9.93. The third-order valence-corrected chi connectivity index (χ3v) is 6.72. The SMILES string of the molecule is C[C@H](Oc1nc(-c2ccc(N(C)C)cc2)cc2nccnc12)[C@@H]1CN(S(C)(=O)=O)CCO1. The van der Waals surface area contributed by atoms with Gasteiger partial charge in [0.1, 0.15) is 12.2 Å². The number of fused-ring (bicyclic) bond motifs is 1. The molecule has 3 aromatic rings. The molecule has 170 valence electrons. The van der Waals surface area contributed by atoms with E-state index in [-0.39, 0.29) is 6.54 Å². The molecule has 0 radical (unpaired) electrons. The van der Waals surface area contributed by atoms with Crippen LogP contribution in [-0.4, -0.2) is 79.9 Å². The molecule has 1 aliphatic heterocycles. The maximum Gasteiger partial charge on any atom is 0.243 e. The maximum absolute atomic E-state index is 12.0. The summed E-state index contributed by atoms with van der Waals surface area (Å²) in [5.41, 5.74) is 3.94. The largest absolute Gasteiger partial charge is 0.470 e. The van der Waals surface area contributed by atoms with E-state index < -0.39 is 22.2 Å². The van der Waals surface area contributed by atoms with Crippen LogP contribution >= 0.6 is 0 Å². The Labute approximate surface area is 188 Å². The van der Waals surface area contributed by atoms with Crippen LogP contribution in [-0.2, 0) is 14.8 Å². The molecule has 0 saturated carbocycles. The Balaban J connectivity index is 1.64. The zero-order valence-electron chi connectivity index (χ0n) is 18.6. The first-order chi connectivity index (χ1) is 15.2. The summed E-state index contributed by atoms with van der Waals surface area (Å²) in [6.45, 7) is 2.74. The number of aromatic nitrogens is 3. The predicted molar refractivity (Wildman–Crippen MR) is 123 cm³/mol. The van der Waals surface area contributed by atoms with Crippen molar-refractivity contribution in [1.82, 2.24) is 19.3 Å². The minimum atomic E-state index is -3.30. The average Bonchev–Trinajstić information content (AvgIpc) is 2.78. The molecule has 2 aromatic heterocycles. The number of anilines is 1. The van der Waals surface area contributed by atoms with Gasteiger partial charge in [-0.3, -0.25) is 4.98 Å². The molecule has 0 bridgehead atoms. The van der Waals surface area contributed by atoms with Crippen molar-refractivity contribution < 1.29 is 17.9 Å². The van der Waals surface area contributed by atoms with Gasteiger partial charge >= 0.3 is 0 Å². The summed E-state index contributed by atoms with van der Waals surface area (Å²) >= 11 is 0. The summed E-state index contributed by atoms with van der Waals surface area (Å²) in [7, 11) is 0.685. The molecule has 4 rings (SSSR count). The average molecular weight is 458 g/mol. The Morgan fingerprint density at radius 3 is 2.59 bits per heavy atom. The van der Waals surface area contributed by atoms with E-state index >= 15 is 0 Å². The number of pyridine rings is 1. The highest BCUT2D eigenvalue weighted by Crippen LogP contribution is 2.29. The Kier molecular flexibility index (Phi) is 6.27. The normalized spacial score (nSPS) is 18.4. The molecule has 0 unspecified atom stereocenters. The number of morpholine rings is 1. The lowest BCUT2D eigenvalue weighted by atomic mass is 10.1. The number of benzene rings is 1. The van der Waals surface area contributed by atoms with E-state index in [0.29, 0.717) is 35.8 Å². The maximum atomic E-state index is 12.0. The summed E-state index contributed by atoms with van der Waals surface area (Å²) in [4.78, 5) is 15.6. The van der Waals surface area contributed by atoms with Crippen molar-refractivity contribution in [3.63, 3.8) is 0 Å². The molecule has 1 aliphatic rings. The lowest BCUT2D eigenvalue weighted by molar-refractivity contribution is -0.0566. The van der Waals surface area contributed by atoms with Crippen LogP contribution in [0.4, 0.5) is 5.69 Å². The minimum absolute atomic E-state index is 0.231. The monoisotopic (exact) mass is 457 g/mol. The third kappa shape index (κ3) is 4.82. The first-order valence-corrected chi connectivity index (χ1v) is 12.2. The number of hydrogen-bond donors (Lipinski definition) is 0. The van der Waals surface area contributed by atoms with Crippen molar-refractivity contribution in [3.8, 4) is 17.1 Å². The molecule has 32 heavy (non-hydrogen) atoms. The fraction of sp³-hybridized carbons (Fsp3) is 0.409. The smallest absolute Gasteiger partial charge is 0.243 e. The van der Waals surface area contributed by atoms with Crippen LogP contribution in [0.2, 0.25) is 0 Å². The van der Waals surface area contributed by atoms with Crippen LogP contribution in [0, 0.1) is 0 Å².